The van der Waals surface area contributed by atoms with E-state index in [0.29, 0.717) is 31.6 Å². The third kappa shape index (κ3) is 73.0. The summed E-state index contributed by atoms with van der Waals surface area (Å²) in [6, 6.07) is 0. The number of carbonyl (C=O) groups excluding carboxylic acids is 4. The van der Waals surface area contributed by atoms with Gasteiger partial charge < -0.3 is 33.8 Å². The summed E-state index contributed by atoms with van der Waals surface area (Å²) in [7, 11) is -9.92. The lowest BCUT2D eigenvalue weighted by molar-refractivity contribution is -0.161. The third-order valence-electron chi connectivity index (χ3n) is 19.3. The minimum atomic E-state index is -4.96. The topological polar surface area (TPSA) is 237 Å². The number of phosphoric acid groups is 2. The van der Waals surface area contributed by atoms with Crippen molar-refractivity contribution in [2.45, 2.75) is 445 Å². The normalized spacial score (nSPS) is 14.2. The SMILES string of the molecule is CCCCCCCCCCCCCCCCCCCCCCC(=O)O[C@H](COC(=O)CCCCCCCCCCCCCCCCC(C)CC)COP(=O)(O)OC[C@@H](O)COP(=O)(O)OC[C@@H](COC(=O)CCCCCCCCCC(C)C)OC(=O)CCCCCCCCCCCCCC. The molecular weight excluding hydrogens is 1310 g/mol. The minimum Gasteiger partial charge on any atom is -0.462 e. The summed E-state index contributed by atoms with van der Waals surface area (Å²) in [6.07, 6.45) is 62.5. The molecule has 0 aromatic rings. The summed E-state index contributed by atoms with van der Waals surface area (Å²) in [4.78, 5) is 73.0. The van der Waals surface area contributed by atoms with Gasteiger partial charge in [0.25, 0.3) is 0 Å². The van der Waals surface area contributed by atoms with Gasteiger partial charge in [0.05, 0.1) is 26.4 Å². The second-order valence-corrected chi connectivity index (χ2v) is 32.8. The Morgan fingerprint density at radius 2 is 0.510 bits per heavy atom. The zero-order chi connectivity index (χ0) is 73.5. The number of ether oxygens (including phenoxy) is 4. The molecule has 0 spiro atoms. The standard InChI is InChI=1S/C81H158O17P2/c1-7-10-12-14-16-18-20-22-23-24-25-26-27-28-33-37-41-47-54-60-66-81(86)97-76(69-91-78(83)63-57-51-45-39-36-32-30-29-31-34-38-44-50-56-62-74(6)9-3)71-95-99(87,88)93-67-75(82)68-94-100(89,90)96-72-77(70-92-79(84)64-58-52-48-42-43-49-55-61-73(4)5)98-80(85)65-59-53-46-40-35-21-19-17-15-13-11-8-2/h73-77,82H,7-72H2,1-6H3,(H,87,88)(H,89,90)/t74?,75-,76-,77-/m1/s1. The molecule has 6 atom stereocenters. The molecule has 19 heteroatoms. The molecule has 0 aromatic heterocycles. The van der Waals surface area contributed by atoms with Crippen molar-refractivity contribution >= 4 is 39.5 Å². The van der Waals surface area contributed by atoms with E-state index in [2.05, 4.69) is 41.5 Å². The number of unbranched alkanes of at least 4 members (excludes halogenated alkanes) is 49. The average Bonchev–Trinajstić information content (AvgIpc) is 1.00. The Morgan fingerprint density at radius 1 is 0.290 bits per heavy atom. The van der Waals surface area contributed by atoms with E-state index in [0.717, 1.165) is 102 Å². The molecular formula is C81H158O17P2. The first-order chi connectivity index (χ1) is 48.4. The highest BCUT2D eigenvalue weighted by atomic mass is 31.2. The zero-order valence-corrected chi connectivity index (χ0v) is 67.3. The van der Waals surface area contributed by atoms with E-state index in [1.807, 2.05) is 0 Å². The van der Waals surface area contributed by atoms with Gasteiger partial charge in [0.2, 0.25) is 0 Å². The fourth-order valence-corrected chi connectivity index (χ4v) is 14.1. The number of aliphatic hydroxyl groups excluding tert-OH is 1. The van der Waals surface area contributed by atoms with Crippen molar-refractivity contribution in [2.24, 2.45) is 11.8 Å². The number of aliphatic hydroxyl groups is 1. The molecule has 0 aliphatic rings. The molecule has 0 rings (SSSR count). The van der Waals surface area contributed by atoms with Gasteiger partial charge in [-0.3, -0.25) is 37.3 Å². The maximum atomic E-state index is 13.1. The maximum Gasteiger partial charge on any atom is 0.472 e. The summed E-state index contributed by atoms with van der Waals surface area (Å²) in [5.74, 6) is -0.554. The van der Waals surface area contributed by atoms with Crippen molar-refractivity contribution in [3.05, 3.63) is 0 Å². The maximum absolute atomic E-state index is 13.1. The number of rotatable bonds is 80. The molecule has 0 amide bonds. The van der Waals surface area contributed by atoms with Crippen molar-refractivity contribution in [3.63, 3.8) is 0 Å². The van der Waals surface area contributed by atoms with Crippen LogP contribution in [0.15, 0.2) is 0 Å². The molecule has 594 valence electrons. The van der Waals surface area contributed by atoms with Gasteiger partial charge >= 0.3 is 39.5 Å². The van der Waals surface area contributed by atoms with Crippen LogP contribution in [-0.4, -0.2) is 96.7 Å². The Balaban J connectivity index is 5.22. The molecule has 100 heavy (non-hydrogen) atoms. The van der Waals surface area contributed by atoms with Crippen LogP contribution >= 0.6 is 15.6 Å². The number of hydrogen-bond donors (Lipinski definition) is 3. The molecule has 0 heterocycles. The van der Waals surface area contributed by atoms with Crippen molar-refractivity contribution < 1.29 is 80.2 Å². The van der Waals surface area contributed by atoms with E-state index in [1.165, 1.54) is 238 Å². The monoisotopic (exact) mass is 1470 g/mol. The average molecular weight is 1470 g/mol. The third-order valence-corrected chi connectivity index (χ3v) is 21.2. The zero-order valence-electron chi connectivity index (χ0n) is 65.5. The Kier molecular flexibility index (Phi) is 71.2. The Hall–Kier alpha value is -1.94. The van der Waals surface area contributed by atoms with Crippen LogP contribution in [0.2, 0.25) is 0 Å². The first-order valence-corrected chi connectivity index (χ1v) is 45.0. The highest BCUT2D eigenvalue weighted by molar-refractivity contribution is 7.47. The minimum absolute atomic E-state index is 0.107. The predicted octanol–water partition coefficient (Wildman–Crippen LogP) is 24.3. The molecule has 0 fully saturated rings. The summed E-state index contributed by atoms with van der Waals surface area (Å²) < 4.78 is 68.7. The van der Waals surface area contributed by atoms with E-state index in [9.17, 15) is 43.2 Å². The summed E-state index contributed by atoms with van der Waals surface area (Å²) >= 11 is 0. The molecule has 3 unspecified atom stereocenters. The fraction of sp³-hybridized carbons (Fsp3) is 0.951. The summed E-state index contributed by atoms with van der Waals surface area (Å²) in [5.41, 5.74) is 0. The highest BCUT2D eigenvalue weighted by Crippen LogP contribution is 2.45. The van der Waals surface area contributed by atoms with Crippen LogP contribution in [0.3, 0.4) is 0 Å². The Morgan fingerprint density at radius 3 is 0.760 bits per heavy atom. The largest absolute Gasteiger partial charge is 0.472 e. The first kappa shape index (κ1) is 98.1. The van der Waals surface area contributed by atoms with Crippen LogP contribution in [0.4, 0.5) is 0 Å². The van der Waals surface area contributed by atoms with Gasteiger partial charge in [0, 0.05) is 25.7 Å². The highest BCUT2D eigenvalue weighted by Gasteiger charge is 2.30. The van der Waals surface area contributed by atoms with Gasteiger partial charge in [0.15, 0.2) is 12.2 Å². The Bertz CT molecular complexity index is 1930. The van der Waals surface area contributed by atoms with E-state index in [4.69, 9.17) is 37.0 Å². The molecule has 0 aromatic carbocycles. The molecule has 0 radical (unpaired) electrons. The molecule has 3 N–H and O–H groups in total. The lowest BCUT2D eigenvalue weighted by atomic mass is 9.99. The van der Waals surface area contributed by atoms with Gasteiger partial charge in [-0.2, -0.15) is 0 Å². The second-order valence-electron chi connectivity index (χ2n) is 29.9. The summed E-state index contributed by atoms with van der Waals surface area (Å²) in [5, 5.41) is 10.6. The lowest BCUT2D eigenvalue weighted by Crippen LogP contribution is -2.30. The van der Waals surface area contributed by atoms with E-state index in [-0.39, 0.29) is 25.7 Å². The second kappa shape index (κ2) is 72.6. The van der Waals surface area contributed by atoms with Crippen LogP contribution in [0.25, 0.3) is 0 Å². The first-order valence-electron chi connectivity index (χ1n) is 42.0. The summed E-state index contributed by atoms with van der Waals surface area (Å²) in [6.45, 7) is 9.63. The molecule has 0 aliphatic heterocycles. The smallest absolute Gasteiger partial charge is 0.462 e. The van der Waals surface area contributed by atoms with Crippen molar-refractivity contribution in [1.82, 2.24) is 0 Å². The van der Waals surface area contributed by atoms with Crippen LogP contribution in [0.1, 0.15) is 427 Å². The van der Waals surface area contributed by atoms with Gasteiger partial charge in [0.1, 0.15) is 19.3 Å². The van der Waals surface area contributed by atoms with Crippen LogP contribution in [0.5, 0.6) is 0 Å². The van der Waals surface area contributed by atoms with Crippen molar-refractivity contribution in [1.29, 1.82) is 0 Å². The van der Waals surface area contributed by atoms with Crippen molar-refractivity contribution in [3.8, 4) is 0 Å². The van der Waals surface area contributed by atoms with Gasteiger partial charge in [-0.15, -0.1) is 0 Å². The molecule has 0 saturated heterocycles. The fourth-order valence-electron chi connectivity index (χ4n) is 12.5. The number of carbonyl (C=O) groups is 4. The quantitative estimate of drug-likeness (QED) is 0.0222. The molecule has 0 aliphatic carbocycles. The van der Waals surface area contributed by atoms with E-state index in [1.54, 1.807) is 0 Å². The van der Waals surface area contributed by atoms with E-state index < -0.39 is 97.5 Å². The van der Waals surface area contributed by atoms with E-state index >= 15 is 0 Å². The molecule has 17 nitrogen and oxygen atoms in total. The lowest BCUT2D eigenvalue weighted by Gasteiger charge is -2.21. The van der Waals surface area contributed by atoms with Crippen LogP contribution < -0.4 is 0 Å². The van der Waals surface area contributed by atoms with Gasteiger partial charge in [-0.05, 0) is 37.5 Å². The van der Waals surface area contributed by atoms with Crippen LogP contribution in [-0.2, 0) is 65.4 Å². The van der Waals surface area contributed by atoms with Crippen molar-refractivity contribution in [2.75, 3.05) is 39.6 Å². The predicted molar refractivity (Wildman–Crippen MR) is 409 cm³/mol. The number of esters is 4. The number of hydrogen-bond acceptors (Lipinski definition) is 15. The molecule has 0 saturated carbocycles. The van der Waals surface area contributed by atoms with Gasteiger partial charge in [-0.25, -0.2) is 9.13 Å². The number of phosphoric ester groups is 2. The van der Waals surface area contributed by atoms with Gasteiger partial charge in [-0.1, -0.05) is 375 Å². The molecule has 0 bridgehead atoms. The Labute approximate surface area is 613 Å². The van der Waals surface area contributed by atoms with Crippen LogP contribution in [0, 0.1) is 11.8 Å².